The average molecular weight is 491 g/mol. The second-order valence-corrected chi connectivity index (χ2v) is 8.28. The molecule has 1 aliphatic heterocycles. The lowest BCUT2D eigenvalue weighted by Gasteiger charge is -2.52. The highest BCUT2D eigenvalue weighted by Crippen LogP contribution is 2.56. The van der Waals surface area contributed by atoms with E-state index in [1.165, 1.54) is 25.7 Å². The fourth-order valence-electron chi connectivity index (χ4n) is 4.77. The van der Waals surface area contributed by atoms with Gasteiger partial charge in [-0.2, -0.15) is 0 Å². The molecule has 8 heteroatoms. The van der Waals surface area contributed by atoms with E-state index in [2.05, 4.69) is 21.7 Å². The Balaban J connectivity index is 0.00000196. The van der Waals surface area contributed by atoms with Gasteiger partial charge in [-0.05, 0) is 26.2 Å². The Morgan fingerprint density at radius 3 is 2.69 bits per heavy atom. The second-order valence-electron chi connectivity index (χ2n) is 7.41. The van der Waals surface area contributed by atoms with Crippen molar-refractivity contribution in [1.82, 2.24) is 9.88 Å². The molecule has 1 aromatic heterocycles. The van der Waals surface area contributed by atoms with Crippen LogP contribution in [0.2, 0.25) is 0 Å². The quantitative estimate of drug-likeness (QED) is 0.399. The number of piperazine rings is 1. The fraction of sp³-hybridized carbons (Fsp3) is 0.778. The summed E-state index contributed by atoms with van der Waals surface area (Å²) in [5.41, 5.74) is 6.66. The van der Waals surface area contributed by atoms with E-state index < -0.39 is 0 Å². The van der Waals surface area contributed by atoms with Crippen molar-refractivity contribution < 1.29 is 4.74 Å². The number of hydrogen-bond acceptors (Lipinski definition) is 5. The van der Waals surface area contributed by atoms with Crippen molar-refractivity contribution in [2.75, 3.05) is 37.7 Å². The van der Waals surface area contributed by atoms with Gasteiger partial charge >= 0.3 is 0 Å². The number of anilines is 1. The summed E-state index contributed by atoms with van der Waals surface area (Å²) in [5, 5.41) is 3.14. The Morgan fingerprint density at radius 2 is 2.08 bits per heavy atom. The number of thiazole rings is 1. The van der Waals surface area contributed by atoms with E-state index in [9.17, 15) is 0 Å². The van der Waals surface area contributed by atoms with Crippen LogP contribution in [0.15, 0.2) is 16.6 Å². The van der Waals surface area contributed by atoms with Crippen LogP contribution in [0.5, 0.6) is 0 Å². The smallest absolute Gasteiger partial charge is 0.191 e. The van der Waals surface area contributed by atoms with Gasteiger partial charge in [0, 0.05) is 49.8 Å². The van der Waals surface area contributed by atoms with Crippen LogP contribution in [0.25, 0.3) is 0 Å². The van der Waals surface area contributed by atoms with Crippen LogP contribution < -0.4 is 10.6 Å². The van der Waals surface area contributed by atoms with Crippen molar-refractivity contribution in [3.63, 3.8) is 0 Å². The standard InChI is InChI=1S/C18H29N5OS.HI/c1-2-24-15-13-14(18(15)5-3-4-6-18)21-16(19)22-8-10-23(11-9-22)17-20-7-12-25-17;/h7,12,14-15H,2-6,8-11,13H2,1H3,(H2,19,21);1H. The number of ether oxygens (including phenoxy) is 1. The van der Waals surface area contributed by atoms with E-state index in [0.717, 1.165) is 50.3 Å². The van der Waals surface area contributed by atoms with Crippen LogP contribution in [0.4, 0.5) is 5.13 Å². The van der Waals surface area contributed by atoms with Gasteiger partial charge in [0.2, 0.25) is 0 Å². The van der Waals surface area contributed by atoms with Crippen LogP contribution in [0.1, 0.15) is 39.0 Å². The highest BCUT2D eigenvalue weighted by Gasteiger charge is 2.57. The molecule has 2 aliphatic carbocycles. The molecule has 2 saturated carbocycles. The van der Waals surface area contributed by atoms with Crippen LogP contribution in [0.3, 0.4) is 0 Å². The highest BCUT2D eigenvalue weighted by atomic mass is 127. The third-order valence-corrected chi connectivity index (χ3v) is 7.06. The van der Waals surface area contributed by atoms with Gasteiger partial charge in [0.1, 0.15) is 0 Å². The first kappa shape index (κ1) is 20.1. The van der Waals surface area contributed by atoms with Crippen LogP contribution >= 0.6 is 35.3 Å². The van der Waals surface area contributed by atoms with Gasteiger partial charge in [0.15, 0.2) is 11.1 Å². The molecule has 0 aromatic carbocycles. The molecule has 146 valence electrons. The van der Waals surface area contributed by atoms with Crippen molar-refractivity contribution in [1.29, 1.82) is 0 Å². The summed E-state index contributed by atoms with van der Waals surface area (Å²) in [6, 6.07) is 0.351. The molecule has 3 aliphatic rings. The molecular weight excluding hydrogens is 461 g/mol. The lowest BCUT2D eigenvalue weighted by atomic mass is 9.61. The number of nitrogens with two attached hydrogens (primary N) is 1. The van der Waals surface area contributed by atoms with E-state index in [1.807, 2.05) is 11.6 Å². The molecular formula is C18H30IN5OS. The molecule has 4 rings (SSSR count). The maximum absolute atomic E-state index is 6.40. The molecule has 0 bridgehead atoms. The Labute approximate surface area is 177 Å². The number of hydrogen-bond donors (Lipinski definition) is 1. The molecule has 1 aromatic rings. The molecule has 0 amide bonds. The first-order chi connectivity index (χ1) is 12.2. The number of rotatable bonds is 4. The molecule has 1 spiro atoms. The third-order valence-electron chi connectivity index (χ3n) is 6.23. The summed E-state index contributed by atoms with van der Waals surface area (Å²) in [6.45, 7) is 6.65. The molecule has 3 fully saturated rings. The van der Waals surface area contributed by atoms with E-state index in [4.69, 9.17) is 15.5 Å². The highest BCUT2D eigenvalue weighted by molar-refractivity contribution is 14.0. The second kappa shape index (κ2) is 8.60. The predicted octanol–water partition coefficient (Wildman–Crippen LogP) is 2.94. The van der Waals surface area contributed by atoms with Gasteiger partial charge in [0.25, 0.3) is 0 Å². The van der Waals surface area contributed by atoms with Crippen molar-refractivity contribution in [3.8, 4) is 0 Å². The summed E-state index contributed by atoms with van der Waals surface area (Å²) in [5.74, 6) is 0.727. The van der Waals surface area contributed by atoms with Crippen molar-refractivity contribution >= 4 is 46.4 Å². The number of nitrogens with zero attached hydrogens (tertiary/aromatic N) is 4. The summed E-state index contributed by atoms with van der Waals surface area (Å²) < 4.78 is 5.99. The molecule has 1 saturated heterocycles. The van der Waals surface area contributed by atoms with Gasteiger partial charge in [-0.3, -0.25) is 0 Å². The maximum Gasteiger partial charge on any atom is 0.191 e. The van der Waals surface area contributed by atoms with Crippen LogP contribution in [0, 0.1) is 5.41 Å². The maximum atomic E-state index is 6.40. The fourth-order valence-corrected chi connectivity index (χ4v) is 5.47. The average Bonchev–Trinajstić information content (AvgIpc) is 3.33. The molecule has 26 heavy (non-hydrogen) atoms. The van der Waals surface area contributed by atoms with Crippen LogP contribution in [-0.2, 0) is 4.74 Å². The van der Waals surface area contributed by atoms with Crippen molar-refractivity contribution in [3.05, 3.63) is 11.6 Å². The Kier molecular flexibility index (Phi) is 6.66. The Hall–Kier alpha value is -0.610. The number of guanidine groups is 1. The van der Waals surface area contributed by atoms with Gasteiger partial charge in [0.05, 0.1) is 12.1 Å². The van der Waals surface area contributed by atoms with E-state index in [1.54, 1.807) is 11.3 Å². The monoisotopic (exact) mass is 491 g/mol. The molecule has 2 unspecified atom stereocenters. The van der Waals surface area contributed by atoms with Gasteiger partial charge in [-0.25, -0.2) is 9.98 Å². The number of aliphatic imine (C=N–C) groups is 1. The Morgan fingerprint density at radius 1 is 1.35 bits per heavy atom. The lowest BCUT2D eigenvalue weighted by molar-refractivity contribution is -0.119. The lowest BCUT2D eigenvalue weighted by Crippen LogP contribution is -2.58. The first-order valence-electron chi connectivity index (χ1n) is 9.57. The summed E-state index contributed by atoms with van der Waals surface area (Å²) in [7, 11) is 0. The normalized spacial score (nSPS) is 28.1. The number of aromatic nitrogens is 1. The molecule has 0 radical (unpaired) electrons. The van der Waals surface area contributed by atoms with Crippen LogP contribution in [-0.4, -0.2) is 60.8 Å². The molecule has 6 nitrogen and oxygen atoms in total. The minimum atomic E-state index is 0. The van der Waals surface area contributed by atoms with E-state index in [0.29, 0.717) is 12.1 Å². The van der Waals surface area contributed by atoms with Gasteiger partial charge in [-0.1, -0.05) is 12.8 Å². The third kappa shape index (κ3) is 3.69. The first-order valence-corrected chi connectivity index (χ1v) is 10.4. The zero-order valence-electron chi connectivity index (χ0n) is 15.5. The largest absolute Gasteiger partial charge is 0.378 e. The van der Waals surface area contributed by atoms with Gasteiger partial charge < -0.3 is 20.3 Å². The minimum absolute atomic E-state index is 0. The van der Waals surface area contributed by atoms with Crippen molar-refractivity contribution in [2.45, 2.75) is 51.2 Å². The molecule has 2 heterocycles. The topological polar surface area (TPSA) is 67.0 Å². The zero-order valence-corrected chi connectivity index (χ0v) is 18.6. The Bertz CT molecular complexity index is 597. The predicted molar refractivity (Wildman–Crippen MR) is 118 cm³/mol. The summed E-state index contributed by atoms with van der Waals surface area (Å²) >= 11 is 1.70. The minimum Gasteiger partial charge on any atom is -0.378 e. The summed E-state index contributed by atoms with van der Waals surface area (Å²) in [4.78, 5) is 13.9. The molecule has 2 atom stereocenters. The number of halogens is 1. The van der Waals surface area contributed by atoms with Gasteiger partial charge in [-0.15, -0.1) is 35.3 Å². The zero-order chi connectivity index (χ0) is 17.3. The summed E-state index contributed by atoms with van der Waals surface area (Å²) in [6.07, 6.45) is 8.41. The SMILES string of the molecule is CCOC1CC(N=C(N)N2CCN(c3nccs3)CC2)C12CCCC2.I. The van der Waals surface area contributed by atoms with Crippen molar-refractivity contribution in [2.24, 2.45) is 16.1 Å². The molecule has 2 N–H and O–H groups in total. The van der Waals surface area contributed by atoms with E-state index in [-0.39, 0.29) is 29.4 Å². The van der Waals surface area contributed by atoms with E-state index >= 15 is 0 Å².